The van der Waals surface area contributed by atoms with Gasteiger partial charge in [-0.1, -0.05) is 0 Å². The standard InChI is InChI=1S/C8H12N2O3/c1-12-7(6-9)13-8(11)10-4-2-3-5-10/h7H,2-5H2,1H3. The molecule has 0 aliphatic carbocycles. The van der Waals surface area contributed by atoms with Crippen molar-refractivity contribution in [3.05, 3.63) is 0 Å². The molecule has 5 nitrogen and oxygen atoms in total. The van der Waals surface area contributed by atoms with Crippen LogP contribution in [-0.2, 0) is 9.47 Å². The maximum atomic E-state index is 11.2. The second kappa shape index (κ2) is 4.67. The molecule has 1 fully saturated rings. The molecule has 1 rings (SSSR count). The Balaban J connectivity index is 2.35. The fraction of sp³-hybridized carbons (Fsp3) is 0.750. The number of hydrogen-bond donors (Lipinski definition) is 0. The molecule has 5 heteroatoms. The molecule has 0 N–H and O–H groups in total. The molecule has 0 spiro atoms. The van der Waals surface area contributed by atoms with Crippen LogP contribution in [0.5, 0.6) is 0 Å². The average Bonchev–Trinajstić information content (AvgIpc) is 2.66. The molecule has 1 aliphatic rings. The molecule has 0 saturated carbocycles. The summed E-state index contributed by atoms with van der Waals surface area (Å²) >= 11 is 0. The fourth-order valence-corrected chi connectivity index (χ4v) is 1.19. The predicted octanol–water partition coefficient (Wildman–Crippen LogP) is 0.715. The number of rotatable bonds is 2. The second-order valence-electron chi connectivity index (χ2n) is 2.77. The van der Waals surface area contributed by atoms with E-state index in [0.717, 1.165) is 12.8 Å². The van der Waals surface area contributed by atoms with Crippen molar-refractivity contribution >= 4 is 6.09 Å². The normalized spacial score (nSPS) is 18.0. The van der Waals surface area contributed by atoms with Crippen molar-refractivity contribution in [2.75, 3.05) is 20.2 Å². The molecular formula is C8H12N2O3. The topological polar surface area (TPSA) is 62.6 Å². The molecule has 1 amide bonds. The van der Waals surface area contributed by atoms with Crippen LogP contribution in [0, 0.1) is 11.3 Å². The Kier molecular flexibility index (Phi) is 3.53. The van der Waals surface area contributed by atoms with Gasteiger partial charge in [-0.3, -0.25) is 0 Å². The summed E-state index contributed by atoms with van der Waals surface area (Å²) in [5.74, 6) is 0. The van der Waals surface area contributed by atoms with Gasteiger partial charge < -0.3 is 14.4 Å². The van der Waals surface area contributed by atoms with Crippen LogP contribution in [0.1, 0.15) is 12.8 Å². The van der Waals surface area contributed by atoms with Crippen molar-refractivity contribution in [1.29, 1.82) is 5.26 Å². The van der Waals surface area contributed by atoms with E-state index in [1.807, 2.05) is 0 Å². The van der Waals surface area contributed by atoms with Gasteiger partial charge in [-0.25, -0.2) is 4.79 Å². The Bertz CT molecular complexity index is 218. The van der Waals surface area contributed by atoms with Crippen LogP contribution in [0.2, 0.25) is 0 Å². The Hall–Kier alpha value is -1.28. The molecule has 1 saturated heterocycles. The van der Waals surface area contributed by atoms with Gasteiger partial charge in [0.1, 0.15) is 6.07 Å². The van der Waals surface area contributed by atoms with E-state index in [4.69, 9.17) is 10.00 Å². The Morgan fingerprint density at radius 1 is 1.54 bits per heavy atom. The van der Waals surface area contributed by atoms with Crippen molar-refractivity contribution in [3.63, 3.8) is 0 Å². The van der Waals surface area contributed by atoms with Crippen molar-refractivity contribution in [1.82, 2.24) is 4.90 Å². The first-order chi connectivity index (χ1) is 6.27. The fourth-order valence-electron chi connectivity index (χ4n) is 1.19. The Morgan fingerprint density at radius 3 is 2.62 bits per heavy atom. The summed E-state index contributed by atoms with van der Waals surface area (Å²) < 4.78 is 9.34. The molecule has 1 atom stereocenters. The monoisotopic (exact) mass is 184 g/mol. The number of nitrogens with zero attached hydrogens (tertiary/aromatic N) is 2. The van der Waals surface area contributed by atoms with E-state index in [1.165, 1.54) is 7.11 Å². The van der Waals surface area contributed by atoms with Gasteiger partial charge in [0.15, 0.2) is 0 Å². The van der Waals surface area contributed by atoms with Crippen LogP contribution >= 0.6 is 0 Å². The van der Waals surface area contributed by atoms with Crippen molar-refractivity contribution in [3.8, 4) is 6.07 Å². The van der Waals surface area contributed by atoms with Gasteiger partial charge in [-0.15, -0.1) is 0 Å². The van der Waals surface area contributed by atoms with Gasteiger partial charge in [0.05, 0.1) is 0 Å². The molecule has 0 radical (unpaired) electrons. The highest BCUT2D eigenvalue weighted by atomic mass is 16.7. The zero-order chi connectivity index (χ0) is 9.68. The van der Waals surface area contributed by atoms with Crippen LogP contribution in [0.25, 0.3) is 0 Å². The molecule has 0 aromatic rings. The summed E-state index contributed by atoms with van der Waals surface area (Å²) in [6, 6.07) is 1.71. The number of ether oxygens (including phenoxy) is 2. The second-order valence-corrected chi connectivity index (χ2v) is 2.77. The first kappa shape index (κ1) is 9.81. The Labute approximate surface area is 76.8 Å². The van der Waals surface area contributed by atoms with Crippen molar-refractivity contribution in [2.24, 2.45) is 0 Å². The number of amides is 1. The molecule has 13 heavy (non-hydrogen) atoms. The van der Waals surface area contributed by atoms with Gasteiger partial charge in [0, 0.05) is 20.2 Å². The first-order valence-corrected chi connectivity index (χ1v) is 4.16. The van der Waals surface area contributed by atoms with E-state index in [1.54, 1.807) is 11.0 Å². The summed E-state index contributed by atoms with van der Waals surface area (Å²) in [4.78, 5) is 12.8. The summed E-state index contributed by atoms with van der Waals surface area (Å²) in [7, 11) is 1.32. The van der Waals surface area contributed by atoms with Gasteiger partial charge in [-0.05, 0) is 12.8 Å². The molecule has 0 aromatic carbocycles. The largest absolute Gasteiger partial charge is 0.412 e. The molecule has 72 valence electrons. The number of carbonyl (C=O) groups is 1. The molecule has 0 aromatic heterocycles. The SMILES string of the molecule is COC(C#N)OC(=O)N1CCCC1. The van der Waals surface area contributed by atoms with Gasteiger partial charge >= 0.3 is 6.09 Å². The van der Waals surface area contributed by atoms with Crippen molar-refractivity contribution < 1.29 is 14.3 Å². The predicted molar refractivity (Wildman–Crippen MR) is 43.7 cm³/mol. The van der Waals surface area contributed by atoms with Crippen molar-refractivity contribution in [2.45, 2.75) is 19.1 Å². The van der Waals surface area contributed by atoms with Crippen LogP contribution in [0.4, 0.5) is 4.79 Å². The van der Waals surface area contributed by atoms with E-state index in [0.29, 0.717) is 13.1 Å². The van der Waals surface area contributed by atoms with Gasteiger partial charge in [0.2, 0.25) is 0 Å². The summed E-state index contributed by atoms with van der Waals surface area (Å²) in [5, 5.41) is 8.45. The van der Waals surface area contributed by atoms with Crippen LogP contribution in [0.15, 0.2) is 0 Å². The summed E-state index contributed by atoms with van der Waals surface area (Å²) in [6.45, 7) is 1.42. The van der Waals surface area contributed by atoms with Crippen LogP contribution in [0.3, 0.4) is 0 Å². The molecule has 1 heterocycles. The van der Waals surface area contributed by atoms with Gasteiger partial charge in [-0.2, -0.15) is 5.26 Å². The lowest BCUT2D eigenvalue weighted by molar-refractivity contribution is -0.0520. The van der Waals surface area contributed by atoms with E-state index in [2.05, 4.69) is 4.74 Å². The number of carbonyl (C=O) groups excluding carboxylic acids is 1. The zero-order valence-corrected chi connectivity index (χ0v) is 7.52. The lowest BCUT2D eigenvalue weighted by Crippen LogP contribution is -2.32. The van der Waals surface area contributed by atoms with E-state index in [9.17, 15) is 4.79 Å². The number of hydrogen-bond acceptors (Lipinski definition) is 4. The Morgan fingerprint density at radius 2 is 2.15 bits per heavy atom. The third kappa shape index (κ3) is 2.60. The smallest absolute Gasteiger partial charge is 0.405 e. The van der Waals surface area contributed by atoms with E-state index in [-0.39, 0.29) is 0 Å². The summed E-state index contributed by atoms with van der Waals surface area (Å²) in [6.07, 6.45) is 0.442. The van der Waals surface area contributed by atoms with E-state index >= 15 is 0 Å². The number of methoxy groups -OCH3 is 1. The highest BCUT2D eigenvalue weighted by Crippen LogP contribution is 2.09. The lowest BCUT2D eigenvalue weighted by atomic mass is 10.4. The minimum Gasteiger partial charge on any atom is -0.405 e. The average molecular weight is 184 g/mol. The van der Waals surface area contributed by atoms with E-state index < -0.39 is 12.4 Å². The van der Waals surface area contributed by atoms with Crippen LogP contribution in [-0.4, -0.2) is 37.5 Å². The third-order valence-electron chi connectivity index (χ3n) is 1.89. The molecule has 1 unspecified atom stereocenters. The molecule has 1 aliphatic heterocycles. The summed E-state index contributed by atoms with van der Waals surface area (Å²) in [5.41, 5.74) is 0. The lowest BCUT2D eigenvalue weighted by Gasteiger charge is -2.16. The minimum absolute atomic E-state index is 0.467. The molecular weight excluding hydrogens is 172 g/mol. The van der Waals surface area contributed by atoms with Crippen LogP contribution < -0.4 is 0 Å². The quantitative estimate of drug-likeness (QED) is 0.593. The highest BCUT2D eigenvalue weighted by molar-refractivity contribution is 5.68. The zero-order valence-electron chi connectivity index (χ0n) is 7.52. The number of likely N-dealkylation sites (tertiary alicyclic amines) is 1. The molecule has 0 bridgehead atoms. The maximum absolute atomic E-state index is 11.2. The third-order valence-corrected chi connectivity index (χ3v) is 1.89. The first-order valence-electron chi connectivity index (χ1n) is 4.16. The van der Waals surface area contributed by atoms with Gasteiger partial charge in [0.25, 0.3) is 6.29 Å². The minimum atomic E-state index is -1.09. The number of nitriles is 1. The highest BCUT2D eigenvalue weighted by Gasteiger charge is 2.22. The maximum Gasteiger partial charge on any atom is 0.412 e.